The molecule has 0 atom stereocenters. The van der Waals surface area contributed by atoms with Crippen molar-refractivity contribution in [3.8, 4) is 5.75 Å². The van der Waals surface area contributed by atoms with Crippen molar-refractivity contribution in [2.24, 2.45) is 0 Å². The molecule has 0 aromatic heterocycles. The van der Waals surface area contributed by atoms with Crippen LogP contribution in [0.2, 0.25) is 0 Å². The van der Waals surface area contributed by atoms with Gasteiger partial charge < -0.3 is 15.4 Å². The van der Waals surface area contributed by atoms with Gasteiger partial charge in [-0.05, 0) is 31.4 Å². The zero-order chi connectivity index (χ0) is 17.8. The number of aryl methyl sites for hydroxylation is 1. The number of alkyl halides is 1. The van der Waals surface area contributed by atoms with Crippen molar-refractivity contribution in [1.82, 2.24) is 9.80 Å². The number of rotatable bonds is 5. The molecule has 2 aliphatic heterocycles. The molecule has 0 saturated carbocycles. The molecule has 0 bridgehead atoms. The highest BCUT2D eigenvalue weighted by Gasteiger charge is 2.28. The third kappa shape index (κ3) is 4.18. The molecule has 2 heterocycles. The SMILES string of the molecule is COc1cc(N2CCC(N3CCN(CCF)CC3)CC2)c(C)cc1N. The van der Waals surface area contributed by atoms with Crippen molar-refractivity contribution >= 4 is 11.4 Å². The second-order valence-corrected chi connectivity index (χ2v) is 7.17. The molecule has 2 aliphatic rings. The summed E-state index contributed by atoms with van der Waals surface area (Å²) in [5, 5.41) is 0. The van der Waals surface area contributed by atoms with Crippen LogP contribution in [0.3, 0.4) is 0 Å². The van der Waals surface area contributed by atoms with Crippen LogP contribution in [0.4, 0.5) is 15.8 Å². The molecule has 1 aromatic carbocycles. The lowest BCUT2D eigenvalue weighted by Crippen LogP contribution is -2.53. The van der Waals surface area contributed by atoms with Crippen molar-refractivity contribution in [3.63, 3.8) is 0 Å². The first kappa shape index (κ1) is 18.3. The number of piperazine rings is 1. The largest absolute Gasteiger partial charge is 0.495 e. The number of halogens is 1. The summed E-state index contributed by atoms with van der Waals surface area (Å²) < 4.78 is 17.9. The molecule has 5 nitrogen and oxygen atoms in total. The Hall–Kier alpha value is -1.53. The lowest BCUT2D eigenvalue weighted by atomic mass is 10.0. The third-order valence-corrected chi connectivity index (χ3v) is 5.68. The summed E-state index contributed by atoms with van der Waals surface area (Å²) in [6.07, 6.45) is 2.35. The molecular formula is C19H31FN4O. The van der Waals surface area contributed by atoms with Crippen LogP contribution in [0, 0.1) is 6.92 Å². The predicted octanol–water partition coefficient (Wildman–Crippen LogP) is 2.14. The van der Waals surface area contributed by atoms with Gasteiger partial charge in [0.1, 0.15) is 12.4 Å². The van der Waals surface area contributed by atoms with Gasteiger partial charge in [0.25, 0.3) is 0 Å². The minimum atomic E-state index is -0.233. The highest BCUT2D eigenvalue weighted by atomic mass is 19.1. The average Bonchev–Trinajstić information content (AvgIpc) is 2.63. The van der Waals surface area contributed by atoms with Gasteiger partial charge in [0, 0.05) is 63.6 Å². The molecule has 2 N–H and O–H groups in total. The first-order valence-electron chi connectivity index (χ1n) is 9.33. The Labute approximate surface area is 150 Å². The predicted molar refractivity (Wildman–Crippen MR) is 101 cm³/mol. The highest BCUT2D eigenvalue weighted by Crippen LogP contribution is 2.33. The summed E-state index contributed by atoms with van der Waals surface area (Å²) in [4.78, 5) is 7.28. The quantitative estimate of drug-likeness (QED) is 0.825. The number of hydrogen-bond donors (Lipinski definition) is 1. The third-order valence-electron chi connectivity index (χ3n) is 5.68. The fourth-order valence-electron chi connectivity index (χ4n) is 4.16. The number of nitrogen functional groups attached to an aromatic ring is 1. The zero-order valence-electron chi connectivity index (χ0n) is 15.5. The minimum Gasteiger partial charge on any atom is -0.495 e. The molecule has 0 radical (unpaired) electrons. The number of anilines is 2. The van der Waals surface area contributed by atoms with Gasteiger partial charge in [0.15, 0.2) is 0 Å². The van der Waals surface area contributed by atoms with E-state index in [1.165, 1.54) is 24.1 Å². The van der Waals surface area contributed by atoms with Gasteiger partial charge in [-0.3, -0.25) is 9.80 Å². The molecule has 0 amide bonds. The van der Waals surface area contributed by atoms with Crippen LogP contribution in [0.1, 0.15) is 18.4 Å². The maximum Gasteiger partial charge on any atom is 0.143 e. The lowest BCUT2D eigenvalue weighted by Gasteiger charge is -2.43. The summed E-state index contributed by atoms with van der Waals surface area (Å²) in [5.41, 5.74) is 9.14. The first-order valence-corrected chi connectivity index (χ1v) is 9.33. The molecule has 0 spiro atoms. The van der Waals surface area contributed by atoms with Gasteiger partial charge in [-0.2, -0.15) is 0 Å². The van der Waals surface area contributed by atoms with Crippen molar-refractivity contribution in [2.45, 2.75) is 25.8 Å². The standard InChI is InChI=1S/C19H31FN4O/c1-15-13-17(21)19(25-2)14-18(15)24-6-3-16(4-7-24)23-11-9-22(8-5-20)10-12-23/h13-14,16H,3-12,21H2,1-2H3. The number of hydrogen-bond acceptors (Lipinski definition) is 5. The molecule has 2 fully saturated rings. The van der Waals surface area contributed by atoms with Crippen LogP contribution in [0.5, 0.6) is 5.75 Å². The molecule has 6 heteroatoms. The van der Waals surface area contributed by atoms with E-state index in [4.69, 9.17) is 10.5 Å². The maximum atomic E-state index is 12.5. The van der Waals surface area contributed by atoms with Gasteiger partial charge in [-0.25, -0.2) is 4.39 Å². The Balaban J connectivity index is 1.56. The highest BCUT2D eigenvalue weighted by molar-refractivity contribution is 5.66. The van der Waals surface area contributed by atoms with E-state index in [1.54, 1.807) is 7.11 Å². The van der Waals surface area contributed by atoms with E-state index >= 15 is 0 Å². The van der Waals surface area contributed by atoms with Gasteiger partial charge >= 0.3 is 0 Å². The molecule has 0 unspecified atom stereocenters. The van der Waals surface area contributed by atoms with Crippen molar-refractivity contribution in [1.29, 1.82) is 0 Å². The van der Waals surface area contributed by atoms with Crippen LogP contribution >= 0.6 is 0 Å². The van der Waals surface area contributed by atoms with Crippen LogP contribution < -0.4 is 15.4 Å². The molecule has 3 rings (SSSR count). The van der Waals surface area contributed by atoms with Gasteiger partial charge in [-0.1, -0.05) is 0 Å². The van der Waals surface area contributed by atoms with E-state index in [2.05, 4.69) is 27.7 Å². The molecule has 140 valence electrons. The van der Waals surface area contributed by atoms with E-state index in [1.807, 2.05) is 6.07 Å². The average molecular weight is 350 g/mol. The number of ether oxygens (including phenoxy) is 1. The van der Waals surface area contributed by atoms with Crippen molar-refractivity contribution in [3.05, 3.63) is 17.7 Å². The van der Waals surface area contributed by atoms with Crippen LogP contribution in [-0.4, -0.2) is 75.4 Å². The number of nitrogens with two attached hydrogens (primary N) is 1. The Bertz CT molecular complexity index is 567. The minimum absolute atomic E-state index is 0.233. The topological polar surface area (TPSA) is 45.0 Å². The molecule has 1 aromatic rings. The lowest BCUT2D eigenvalue weighted by molar-refractivity contribution is 0.0816. The fourth-order valence-corrected chi connectivity index (χ4v) is 4.16. The zero-order valence-corrected chi connectivity index (χ0v) is 15.5. The second-order valence-electron chi connectivity index (χ2n) is 7.17. The van der Waals surface area contributed by atoms with Crippen LogP contribution in [0.15, 0.2) is 12.1 Å². The maximum absolute atomic E-state index is 12.5. The van der Waals surface area contributed by atoms with Crippen molar-refractivity contribution < 1.29 is 9.13 Å². The van der Waals surface area contributed by atoms with Crippen molar-refractivity contribution in [2.75, 3.05) is 70.2 Å². The monoisotopic (exact) mass is 350 g/mol. The second kappa shape index (κ2) is 8.23. The molecule has 25 heavy (non-hydrogen) atoms. The number of methoxy groups -OCH3 is 1. The Morgan fingerprint density at radius 1 is 1.12 bits per heavy atom. The van der Waals surface area contributed by atoms with E-state index < -0.39 is 0 Å². The van der Waals surface area contributed by atoms with Gasteiger partial charge in [-0.15, -0.1) is 0 Å². The number of nitrogens with zero attached hydrogens (tertiary/aromatic N) is 3. The normalized spacial score (nSPS) is 20.8. The van der Waals surface area contributed by atoms with Crippen LogP contribution in [-0.2, 0) is 0 Å². The fraction of sp³-hybridized carbons (Fsp3) is 0.684. The molecule has 2 saturated heterocycles. The smallest absolute Gasteiger partial charge is 0.143 e. The molecule has 0 aliphatic carbocycles. The summed E-state index contributed by atoms with van der Waals surface area (Å²) in [5.74, 6) is 0.756. The van der Waals surface area contributed by atoms with E-state index in [0.29, 0.717) is 18.3 Å². The van der Waals surface area contributed by atoms with Gasteiger partial charge in [0.05, 0.1) is 12.8 Å². The molecular weight excluding hydrogens is 319 g/mol. The van der Waals surface area contributed by atoms with Crippen LogP contribution in [0.25, 0.3) is 0 Å². The Kier molecular flexibility index (Phi) is 6.02. The van der Waals surface area contributed by atoms with Gasteiger partial charge in [0.2, 0.25) is 0 Å². The summed E-state index contributed by atoms with van der Waals surface area (Å²) in [6, 6.07) is 4.73. The first-order chi connectivity index (χ1) is 12.1. The Morgan fingerprint density at radius 2 is 1.80 bits per heavy atom. The summed E-state index contributed by atoms with van der Waals surface area (Å²) in [7, 11) is 1.67. The van der Waals surface area contributed by atoms with E-state index in [9.17, 15) is 4.39 Å². The number of benzene rings is 1. The number of piperidine rings is 1. The Morgan fingerprint density at radius 3 is 2.40 bits per heavy atom. The summed E-state index contributed by atoms with van der Waals surface area (Å²) >= 11 is 0. The summed E-state index contributed by atoms with van der Waals surface area (Å²) in [6.45, 7) is 8.72. The van der Waals surface area contributed by atoms with E-state index in [0.717, 1.165) is 45.0 Å². The van der Waals surface area contributed by atoms with E-state index in [-0.39, 0.29) is 6.67 Å².